The summed E-state index contributed by atoms with van der Waals surface area (Å²) in [4.78, 5) is 22.1. The van der Waals surface area contributed by atoms with E-state index in [0.717, 1.165) is 5.69 Å². The summed E-state index contributed by atoms with van der Waals surface area (Å²) in [7, 11) is -3.44. The zero-order valence-corrected chi connectivity index (χ0v) is 14.6. The number of hydrogen-bond acceptors (Lipinski definition) is 5. The minimum Gasteiger partial charge on any atom is -0.335 e. The molecule has 1 aromatic heterocycles. The molecule has 0 atom stereocenters. The van der Waals surface area contributed by atoms with E-state index in [9.17, 15) is 13.2 Å². The number of hydrogen-bond donors (Lipinski definition) is 0. The molecule has 23 heavy (non-hydrogen) atoms. The summed E-state index contributed by atoms with van der Waals surface area (Å²) in [5.41, 5.74) is 1.03. The second kappa shape index (κ2) is 7.33. The molecule has 1 fully saturated rings. The van der Waals surface area contributed by atoms with Crippen LogP contribution in [0, 0.1) is 6.92 Å². The van der Waals surface area contributed by atoms with E-state index in [2.05, 4.69) is 9.97 Å². The van der Waals surface area contributed by atoms with Crippen LogP contribution in [-0.4, -0.2) is 77.1 Å². The Labute approximate surface area is 137 Å². The van der Waals surface area contributed by atoms with Crippen LogP contribution in [0.25, 0.3) is 0 Å². The van der Waals surface area contributed by atoms with Crippen molar-refractivity contribution in [3.05, 3.63) is 23.8 Å². The van der Waals surface area contributed by atoms with Crippen LogP contribution in [0.15, 0.2) is 12.4 Å². The first-order valence-electron chi connectivity index (χ1n) is 7.73. The summed E-state index contributed by atoms with van der Waals surface area (Å²) in [6.07, 6.45) is 3.00. The predicted molar refractivity (Wildman–Crippen MR) is 86.1 cm³/mol. The largest absolute Gasteiger partial charge is 0.335 e. The number of aryl methyl sites for hydroxylation is 1. The van der Waals surface area contributed by atoms with Gasteiger partial charge in [0.1, 0.15) is 5.69 Å². The summed E-state index contributed by atoms with van der Waals surface area (Å²) < 4.78 is 27.8. The van der Waals surface area contributed by atoms with Crippen molar-refractivity contribution < 1.29 is 13.2 Å². The van der Waals surface area contributed by atoms with E-state index in [-0.39, 0.29) is 11.6 Å². The molecule has 9 heteroatoms. The van der Waals surface area contributed by atoms with Gasteiger partial charge >= 0.3 is 0 Å². The quantitative estimate of drug-likeness (QED) is 0.760. The van der Waals surface area contributed by atoms with E-state index < -0.39 is 10.2 Å². The molecule has 0 N–H and O–H groups in total. The Hall–Kier alpha value is -1.58. The third-order valence-electron chi connectivity index (χ3n) is 3.88. The maximum atomic E-state index is 12.5. The second-order valence-electron chi connectivity index (χ2n) is 5.33. The van der Waals surface area contributed by atoms with Gasteiger partial charge in [-0.25, -0.2) is 4.98 Å². The first-order valence-corrected chi connectivity index (χ1v) is 9.13. The zero-order valence-electron chi connectivity index (χ0n) is 13.8. The maximum Gasteiger partial charge on any atom is 0.282 e. The zero-order chi connectivity index (χ0) is 17.0. The van der Waals surface area contributed by atoms with Gasteiger partial charge in [-0.2, -0.15) is 17.0 Å². The Balaban J connectivity index is 2.01. The Kier molecular flexibility index (Phi) is 5.66. The van der Waals surface area contributed by atoms with Crippen LogP contribution >= 0.6 is 0 Å². The fourth-order valence-corrected chi connectivity index (χ4v) is 4.10. The van der Waals surface area contributed by atoms with Crippen LogP contribution in [0.2, 0.25) is 0 Å². The second-order valence-corrected chi connectivity index (χ2v) is 7.25. The molecule has 0 aromatic carbocycles. The minimum atomic E-state index is -3.44. The molecule has 1 amide bonds. The molecule has 1 aliphatic rings. The van der Waals surface area contributed by atoms with Crippen molar-refractivity contribution >= 4 is 16.1 Å². The molecule has 0 bridgehead atoms. The van der Waals surface area contributed by atoms with Crippen LogP contribution in [0.5, 0.6) is 0 Å². The van der Waals surface area contributed by atoms with Crippen molar-refractivity contribution in [3.8, 4) is 0 Å². The Morgan fingerprint density at radius 2 is 1.74 bits per heavy atom. The molecule has 128 valence electrons. The van der Waals surface area contributed by atoms with Crippen molar-refractivity contribution in [2.75, 3.05) is 39.3 Å². The first kappa shape index (κ1) is 17.8. The van der Waals surface area contributed by atoms with E-state index in [1.165, 1.54) is 14.8 Å². The van der Waals surface area contributed by atoms with Crippen LogP contribution < -0.4 is 0 Å². The highest BCUT2D eigenvalue weighted by Crippen LogP contribution is 2.13. The highest BCUT2D eigenvalue weighted by atomic mass is 32.2. The molecule has 1 saturated heterocycles. The third kappa shape index (κ3) is 3.85. The van der Waals surface area contributed by atoms with Gasteiger partial charge in [0.25, 0.3) is 16.1 Å². The van der Waals surface area contributed by atoms with Crippen molar-refractivity contribution in [1.82, 2.24) is 23.5 Å². The minimum absolute atomic E-state index is 0.211. The van der Waals surface area contributed by atoms with Gasteiger partial charge in [0.05, 0.1) is 11.9 Å². The van der Waals surface area contributed by atoms with Crippen molar-refractivity contribution in [2.45, 2.75) is 20.8 Å². The highest BCUT2D eigenvalue weighted by molar-refractivity contribution is 7.86. The van der Waals surface area contributed by atoms with E-state index in [1.54, 1.807) is 18.0 Å². The number of carbonyl (C=O) groups excluding carboxylic acids is 1. The average molecular weight is 341 g/mol. The monoisotopic (exact) mass is 341 g/mol. The van der Waals surface area contributed by atoms with Crippen molar-refractivity contribution in [2.24, 2.45) is 0 Å². The van der Waals surface area contributed by atoms with E-state index >= 15 is 0 Å². The Morgan fingerprint density at radius 1 is 1.13 bits per heavy atom. The highest BCUT2D eigenvalue weighted by Gasteiger charge is 2.32. The fraction of sp³-hybridized carbons (Fsp3) is 0.643. The van der Waals surface area contributed by atoms with Crippen molar-refractivity contribution in [1.29, 1.82) is 0 Å². The van der Waals surface area contributed by atoms with Crippen LogP contribution in [0.1, 0.15) is 30.0 Å². The molecule has 2 heterocycles. The average Bonchev–Trinajstić information content (AvgIpc) is 2.56. The molecule has 0 aliphatic carbocycles. The molecule has 0 radical (unpaired) electrons. The number of amides is 1. The Bertz CT molecular complexity index is 635. The summed E-state index contributed by atoms with van der Waals surface area (Å²) in [5.74, 6) is -0.211. The lowest BCUT2D eigenvalue weighted by Gasteiger charge is -2.36. The van der Waals surface area contributed by atoms with Crippen LogP contribution in [-0.2, 0) is 10.2 Å². The number of nitrogens with zero attached hydrogens (tertiary/aromatic N) is 5. The molecule has 1 aromatic rings. The number of piperazine rings is 1. The lowest BCUT2D eigenvalue weighted by molar-refractivity contribution is 0.0687. The van der Waals surface area contributed by atoms with Gasteiger partial charge in [-0.05, 0) is 6.92 Å². The molecular weight excluding hydrogens is 318 g/mol. The van der Waals surface area contributed by atoms with Gasteiger partial charge in [-0.15, -0.1) is 0 Å². The topological polar surface area (TPSA) is 86.7 Å². The number of aromatic nitrogens is 2. The van der Waals surface area contributed by atoms with E-state index in [0.29, 0.717) is 39.3 Å². The Morgan fingerprint density at radius 3 is 2.22 bits per heavy atom. The van der Waals surface area contributed by atoms with Gasteiger partial charge in [0, 0.05) is 45.5 Å². The van der Waals surface area contributed by atoms with E-state index in [1.807, 2.05) is 13.8 Å². The lowest BCUT2D eigenvalue weighted by atomic mass is 10.3. The third-order valence-corrected chi connectivity index (χ3v) is 6.07. The SMILES string of the molecule is CCN(CC)S(=O)(=O)N1CCN(C(=O)c2cnc(C)cn2)CC1. The standard InChI is InChI=1S/C14H23N5O3S/c1-4-18(5-2)23(21,22)19-8-6-17(7-9-19)14(20)13-11-15-12(3)10-16-13/h10-11H,4-9H2,1-3H3. The van der Waals surface area contributed by atoms with E-state index in [4.69, 9.17) is 0 Å². The smallest absolute Gasteiger partial charge is 0.282 e. The van der Waals surface area contributed by atoms with Gasteiger partial charge in [-0.3, -0.25) is 9.78 Å². The van der Waals surface area contributed by atoms with Crippen molar-refractivity contribution in [3.63, 3.8) is 0 Å². The predicted octanol–water partition coefficient (Wildman–Crippen LogP) is 0.129. The van der Waals surface area contributed by atoms with Crippen LogP contribution in [0.4, 0.5) is 0 Å². The summed E-state index contributed by atoms with van der Waals surface area (Å²) in [5, 5.41) is 0. The molecule has 0 saturated carbocycles. The fourth-order valence-electron chi connectivity index (χ4n) is 2.50. The molecule has 2 rings (SSSR count). The van der Waals surface area contributed by atoms with Crippen LogP contribution in [0.3, 0.4) is 0 Å². The lowest BCUT2D eigenvalue weighted by Crippen LogP contribution is -2.54. The van der Waals surface area contributed by atoms with Gasteiger partial charge in [0.15, 0.2) is 0 Å². The number of carbonyl (C=O) groups is 1. The molecular formula is C14H23N5O3S. The normalized spacial score (nSPS) is 16.8. The van der Waals surface area contributed by atoms with Gasteiger partial charge in [0.2, 0.25) is 0 Å². The molecule has 8 nitrogen and oxygen atoms in total. The maximum absolute atomic E-state index is 12.5. The summed E-state index contributed by atoms with van der Waals surface area (Å²) in [6.45, 7) is 7.62. The first-order chi connectivity index (χ1) is 10.9. The number of rotatable bonds is 5. The van der Waals surface area contributed by atoms with Gasteiger partial charge < -0.3 is 4.90 Å². The molecule has 1 aliphatic heterocycles. The van der Waals surface area contributed by atoms with Gasteiger partial charge in [-0.1, -0.05) is 13.8 Å². The summed E-state index contributed by atoms with van der Waals surface area (Å²) >= 11 is 0. The molecule has 0 unspecified atom stereocenters. The summed E-state index contributed by atoms with van der Waals surface area (Å²) in [6, 6.07) is 0. The molecule has 0 spiro atoms.